The van der Waals surface area contributed by atoms with E-state index in [1.54, 1.807) is 12.1 Å². The van der Waals surface area contributed by atoms with E-state index in [1.807, 2.05) is 17.8 Å². The molecule has 6 N–H and O–H groups in total. The molecule has 0 aromatic heterocycles. The van der Waals surface area contributed by atoms with Crippen LogP contribution >= 0.6 is 27.7 Å². The Kier molecular flexibility index (Phi) is 5.24. The maximum Gasteiger partial charge on any atom is 0.228 e. The first-order valence-electron chi connectivity index (χ1n) is 8.08. The van der Waals surface area contributed by atoms with Gasteiger partial charge in [0, 0.05) is 21.2 Å². The number of nitrogens with two attached hydrogens (primary N) is 1. The van der Waals surface area contributed by atoms with Crippen LogP contribution in [0.5, 0.6) is 0 Å². The summed E-state index contributed by atoms with van der Waals surface area (Å²) >= 11 is 5.27. The van der Waals surface area contributed by atoms with Crippen LogP contribution in [0.4, 0.5) is 11.4 Å². The number of thioether (sulfide) groups is 1. The van der Waals surface area contributed by atoms with Crippen molar-refractivity contribution in [1.82, 2.24) is 10.6 Å². The zero-order valence-corrected chi connectivity index (χ0v) is 15.8. The molecule has 0 radical (unpaired) electrons. The lowest BCUT2D eigenvalue weighted by molar-refractivity contribution is -0.120. The third-order valence-electron chi connectivity index (χ3n) is 4.48. The van der Waals surface area contributed by atoms with Gasteiger partial charge in [-0.15, -0.1) is 0 Å². The summed E-state index contributed by atoms with van der Waals surface area (Å²) in [7, 11) is 0. The lowest BCUT2D eigenvalue weighted by Gasteiger charge is -2.26. The van der Waals surface area contributed by atoms with Crippen molar-refractivity contribution in [1.29, 1.82) is 5.41 Å². The number of nitrogens with one attached hydrogen (secondary N) is 4. The average Bonchev–Trinajstić information content (AvgIpc) is 3.07. The molecular weight excluding hydrogens is 390 g/mol. The van der Waals surface area contributed by atoms with Crippen molar-refractivity contribution in [3.8, 4) is 0 Å². The number of anilines is 2. The van der Waals surface area contributed by atoms with Gasteiger partial charge in [-0.2, -0.15) is 11.8 Å². The highest BCUT2D eigenvalue weighted by molar-refractivity contribution is 9.10. The van der Waals surface area contributed by atoms with Gasteiger partial charge in [0.25, 0.3) is 0 Å². The maximum atomic E-state index is 12.9. The van der Waals surface area contributed by atoms with Gasteiger partial charge < -0.3 is 21.7 Å². The molecule has 0 spiro atoms. The van der Waals surface area contributed by atoms with Gasteiger partial charge in [0.2, 0.25) is 5.91 Å². The quantitative estimate of drug-likeness (QED) is 0.478. The van der Waals surface area contributed by atoms with Gasteiger partial charge in [-0.1, -0.05) is 13.3 Å². The summed E-state index contributed by atoms with van der Waals surface area (Å²) in [4.78, 5) is 12.9. The fourth-order valence-electron chi connectivity index (χ4n) is 3.34. The monoisotopic (exact) mass is 411 g/mol. The Labute approximate surface area is 154 Å². The number of carbonyl (C=O) groups is 1. The maximum absolute atomic E-state index is 12.9. The number of amides is 1. The standard InChI is InChI=1S/C16H22BrN5OS/c1-2-3-9(14-13-12(7-24-14)21-16(19)22-13)15(23)20-11-5-4-8(18)6-10(11)17/h4-6,9,12-14H,2-3,7,18H2,1H3,(H,20,23)(H3,19,21,22). The molecule has 3 rings (SSSR count). The molecule has 6 nitrogen and oxygen atoms in total. The van der Waals surface area contributed by atoms with Crippen molar-refractivity contribution in [2.75, 3.05) is 16.8 Å². The molecule has 24 heavy (non-hydrogen) atoms. The summed E-state index contributed by atoms with van der Waals surface area (Å²) < 4.78 is 0.783. The summed E-state index contributed by atoms with van der Waals surface area (Å²) in [5.41, 5.74) is 7.14. The average molecular weight is 412 g/mol. The zero-order chi connectivity index (χ0) is 17.3. The van der Waals surface area contributed by atoms with Crippen LogP contribution in [0.3, 0.4) is 0 Å². The van der Waals surface area contributed by atoms with Crippen LogP contribution in [0.25, 0.3) is 0 Å². The minimum absolute atomic E-state index is 0.0284. The number of fused-ring (bicyclic) bond motifs is 1. The first-order valence-corrected chi connectivity index (χ1v) is 9.93. The zero-order valence-electron chi connectivity index (χ0n) is 13.4. The van der Waals surface area contributed by atoms with Gasteiger partial charge in [-0.3, -0.25) is 10.2 Å². The van der Waals surface area contributed by atoms with E-state index in [9.17, 15) is 4.79 Å². The van der Waals surface area contributed by atoms with Crippen molar-refractivity contribution in [3.63, 3.8) is 0 Å². The number of hydrogen-bond acceptors (Lipinski definition) is 4. The number of rotatable bonds is 5. The van der Waals surface area contributed by atoms with Crippen LogP contribution in [0.15, 0.2) is 22.7 Å². The molecule has 1 aromatic rings. The van der Waals surface area contributed by atoms with Crippen molar-refractivity contribution in [2.24, 2.45) is 5.92 Å². The van der Waals surface area contributed by atoms with Crippen LogP contribution in [0.1, 0.15) is 19.8 Å². The summed E-state index contributed by atoms with van der Waals surface area (Å²) in [6, 6.07) is 5.76. The Morgan fingerprint density at radius 2 is 2.33 bits per heavy atom. The molecule has 2 fully saturated rings. The Bertz CT molecular complexity index is 655. The first kappa shape index (κ1) is 17.4. The van der Waals surface area contributed by atoms with Crippen molar-refractivity contribution in [2.45, 2.75) is 37.1 Å². The van der Waals surface area contributed by atoms with Crippen LogP contribution in [0, 0.1) is 11.3 Å². The molecule has 2 heterocycles. The van der Waals surface area contributed by atoms with Gasteiger partial charge in [-0.25, -0.2) is 0 Å². The normalized spacial score (nSPS) is 26.4. The summed E-state index contributed by atoms with van der Waals surface area (Å²) in [6.45, 7) is 2.10. The smallest absolute Gasteiger partial charge is 0.228 e. The molecule has 4 atom stereocenters. The largest absolute Gasteiger partial charge is 0.399 e. The number of benzene rings is 1. The number of hydrogen-bond donors (Lipinski definition) is 5. The second kappa shape index (κ2) is 7.23. The molecule has 0 saturated carbocycles. The highest BCUT2D eigenvalue weighted by Gasteiger charge is 2.46. The minimum Gasteiger partial charge on any atom is -0.399 e. The molecule has 0 aliphatic carbocycles. The highest BCUT2D eigenvalue weighted by atomic mass is 79.9. The lowest BCUT2D eigenvalue weighted by atomic mass is 9.91. The van der Waals surface area contributed by atoms with Gasteiger partial charge in [0.1, 0.15) is 0 Å². The Hall–Kier alpha value is -1.41. The predicted octanol–water partition coefficient (Wildman–Crippen LogP) is 2.37. The second-order valence-electron chi connectivity index (χ2n) is 6.22. The topological polar surface area (TPSA) is 103 Å². The minimum atomic E-state index is -0.0975. The van der Waals surface area contributed by atoms with E-state index in [0.29, 0.717) is 11.6 Å². The molecule has 1 aromatic carbocycles. The Morgan fingerprint density at radius 1 is 1.54 bits per heavy atom. The van der Waals surface area contributed by atoms with E-state index in [1.165, 1.54) is 0 Å². The third kappa shape index (κ3) is 3.49. The third-order valence-corrected chi connectivity index (χ3v) is 6.69. The molecule has 0 bridgehead atoms. The molecule has 8 heteroatoms. The Morgan fingerprint density at radius 3 is 3.04 bits per heavy atom. The molecular formula is C16H22BrN5OS. The van der Waals surface area contributed by atoms with Crippen molar-refractivity contribution < 1.29 is 4.79 Å². The molecule has 1 amide bonds. The fourth-order valence-corrected chi connectivity index (χ4v) is 5.51. The number of carbonyl (C=O) groups excluding carboxylic acids is 1. The van der Waals surface area contributed by atoms with E-state index >= 15 is 0 Å². The molecule has 2 aliphatic rings. The van der Waals surface area contributed by atoms with Crippen molar-refractivity contribution >= 4 is 50.9 Å². The summed E-state index contributed by atoms with van der Waals surface area (Å²) in [5, 5.41) is 17.3. The van der Waals surface area contributed by atoms with E-state index in [4.69, 9.17) is 11.1 Å². The van der Waals surface area contributed by atoms with Gasteiger partial charge >= 0.3 is 0 Å². The van der Waals surface area contributed by atoms with Gasteiger partial charge in [0.05, 0.1) is 23.7 Å². The molecule has 130 valence electrons. The Balaban J connectivity index is 1.75. The summed E-state index contributed by atoms with van der Waals surface area (Å²) in [5.74, 6) is 1.22. The van der Waals surface area contributed by atoms with E-state index in [0.717, 1.165) is 28.8 Å². The van der Waals surface area contributed by atoms with Crippen LogP contribution in [-0.4, -0.2) is 35.0 Å². The number of nitrogen functional groups attached to an aromatic ring is 1. The second-order valence-corrected chi connectivity index (χ2v) is 8.28. The lowest BCUT2D eigenvalue weighted by Crippen LogP contribution is -2.44. The molecule has 4 unspecified atom stereocenters. The predicted molar refractivity (Wildman–Crippen MR) is 103 cm³/mol. The molecule has 2 saturated heterocycles. The van der Waals surface area contributed by atoms with Crippen LogP contribution in [0.2, 0.25) is 0 Å². The SMILES string of the molecule is CCCC(C(=O)Nc1ccc(N)cc1Br)C1SCC2NC(=N)NC21. The summed E-state index contributed by atoms with van der Waals surface area (Å²) in [6.07, 6.45) is 1.77. The van der Waals surface area contributed by atoms with Gasteiger partial charge in [-0.05, 0) is 40.5 Å². The van der Waals surface area contributed by atoms with Gasteiger partial charge in [0.15, 0.2) is 5.96 Å². The van der Waals surface area contributed by atoms with Crippen LogP contribution in [-0.2, 0) is 4.79 Å². The van der Waals surface area contributed by atoms with E-state index in [2.05, 4.69) is 38.8 Å². The van der Waals surface area contributed by atoms with Crippen molar-refractivity contribution in [3.05, 3.63) is 22.7 Å². The molecule has 2 aliphatic heterocycles. The van der Waals surface area contributed by atoms with E-state index in [-0.39, 0.29) is 29.2 Å². The number of halogens is 1. The first-order chi connectivity index (χ1) is 11.5. The van der Waals surface area contributed by atoms with Crippen LogP contribution < -0.4 is 21.7 Å². The fraction of sp³-hybridized carbons (Fsp3) is 0.500. The van der Waals surface area contributed by atoms with E-state index < -0.39 is 0 Å². The number of guanidine groups is 1. The highest BCUT2D eigenvalue weighted by Crippen LogP contribution is 2.37.